The topological polar surface area (TPSA) is 52.6 Å². The van der Waals surface area contributed by atoms with E-state index in [0.717, 1.165) is 0 Å². The number of rotatable bonds is 4. The summed E-state index contributed by atoms with van der Waals surface area (Å²) in [5.41, 5.74) is -0.742. The fourth-order valence-corrected chi connectivity index (χ4v) is 7.21. The van der Waals surface area contributed by atoms with E-state index in [1.165, 1.54) is 6.08 Å². The van der Waals surface area contributed by atoms with Gasteiger partial charge in [-0.1, -0.05) is 19.9 Å². The molecule has 4 aliphatic rings. The van der Waals surface area contributed by atoms with Crippen LogP contribution < -0.4 is 0 Å². The van der Waals surface area contributed by atoms with Crippen molar-refractivity contribution in [2.75, 3.05) is 0 Å². The molecule has 0 amide bonds. The van der Waals surface area contributed by atoms with Gasteiger partial charge in [0.25, 0.3) is 0 Å². The van der Waals surface area contributed by atoms with E-state index < -0.39 is 53.1 Å². The average Bonchev–Trinajstić information content (AvgIpc) is 3.13. The summed E-state index contributed by atoms with van der Waals surface area (Å²) in [4.78, 5) is 23.2. The highest BCUT2D eigenvalue weighted by atomic mass is 19.4. The third-order valence-electron chi connectivity index (χ3n) is 9.36. The highest BCUT2D eigenvalue weighted by Gasteiger charge is 2.77. The van der Waals surface area contributed by atoms with Crippen LogP contribution in [0.25, 0.3) is 0 Å². The van der Waals surface area contributed by atoms with Crippen LogP contribution in [0.4, 0.5) is 43.9 Å². The summed E-state index contributed by atoms with van der Waals surface area (Å²) in [7, 11) is 0. The monoisotopic (exact) mass is 580 g/mol. The molecule has 0 spiro atoms. The minimum atomic E-state index is -6.66. The predicted octanol–water partition coefficient (Wildman–Crippen LogP) is 7.29. The third kappa shape index (κ3) is 4.62. The summed E-state index contributed by atoms with van der Waals surface area (Å²) in [5.74, 6) is -18.4. The molecule has 6 unspecified atom stereocenters. The van der Waals surface area contributed by atoms with E-state index in [2.05, 4.69) is 9.47 Å². The van der Waals surface area contributed by atoms with Crippen LogP contribution in [0.3, 0.4) is 0 Å². The molecular weight excluding hydrogens is 554 g/mol. The van der Waals surface area contributed by atoms with Gasteiger partial charge in [0.1, 0.15) is 11.9 Å². The Morgan fingerprint density at radius 3 is 2.10 bits per heavy atom. The van der Waals surface area contributed by atoms with Crippen LogP contribution in [-0.2, 0) is 19.1 Å². The summed E-state index contributed by atoms with van der Waals surface area (Å²) < 4.78 is 139. The molecule has 220 valence electrons. The van der Waals surface area contributed by atoms with E-state index in [4.69, 9.17) is 0 Å². The lowest BCUT2D eigenvalue weighted by Gasteiger charge is -2.56. The highest BCUT2D eigenvalue weighted by Crippen LogP contribution is 2.65. The lowest BCUT2D eigenvalue weighted by molar-refractivity contribution is -0.349. The van der Waals surface area contributed by atoms with Gasteiger partial charge in [-0.25, -0.2) is 9.59 Å². The Balaban J connectivity index is 1.52. The van der Waals surface area contributed by atoms with Gasteiger partial charge in [0.15, 0.2) is 0 Å². The lowest BCUT2D eigenvalue weighted by atomic mass is 9.48. The molecule has 4 nitrogen and oxygen atoms in total. The molecule has 4 rings (SSSR count). The molecule has 6 atom stereocenters. The van der Waals surface area contributed by atoms with Gasteiger partial charge in [-0.05, 0) is 73.3 Å². The minimum Gasteiger partial charge on any atom is -0.457 e. The average molecular weight is 580 g/mol. The molecular formula is C25H26F10O4. The van der Waals surface area contributed by atoms with Crippen LogP contribution in [0.15, 0.2) is 23.5 Å². The lowest BCUT2D eigenvalue weighted by Crippen LogP contribution is -2.58. The molecule has 0 radical (unpaired) electrons. The van der Waals surface area contributed by atoms with Crippen molar-refractivity contribution < 1.29 is 63.0 Å². The fraction of sp³-hybridized carbons (Fsp3) is 0.760. The molecule has 0 aromatic rings. The number of carbonyl (C=O) groups excluding carboxylic acids is 2. The number of carbonyl (C=O) groups is 2. The Bertz CT molecular complexity index is 1090. The molecule has 2 fully saturated rings. The van der Waals surface area contributed by atoms with Crippen molar-refractivity contribution in [3.8, 4) is 0 Å². The van der Waals surface area contributed by atoms with Gasteiger partial charge >= 0.3 is 36.1 Å². The van der Waals surface area contributed by atoms with Crippen LogP contribution in [0.2, 0.25) is 0 Å². The minimum absolute atomic E-state index is 0.00846. The van der Waals surface area contributed by atoms with Crippen molar-refractivity contribution in [2.24, 2.45) is 28.6 Å². The van der Waals surface area contributed by atoms with E-state index in [-0.39, 0.29) is 36.4 Å². The standard InChI is InChI=1S/C25H26F10O4/c1-20-9-7-13(38-19(37)23(28,29)30)11-12(20)3-4-14-15-5-6-17(21(15,2)10-8-16(14)20)39-18(36)22(26,27)24(31,32)25(33,34)35/h3,11,14-17H,4-10H2,1-2H3. The van der Waals surface area contributed by atoms with E-state index in [0.29, 0.717) is 37.7 Å². The largest absolute Gasteiger partial charge is 0.491 e. The van der Waals surface area contributed by atoms with Gasteiger partial charge in [-0.3, -0.25) is 0 Å². The van der Waals surface area contributed by atoms with Gasteiger partial charge < -0.3 is 9.47 Å². The van der Waals surface area contributed by atoms with Gasteiger partial charge in [0, 0.05) is 11.8 Å². The molecule has 4 aliphatic carbocycles. The normalized spacial score (nSPS) is 35.2. The number of esters is 2. The number of hydrogen-bond donors (Lipinski definition) is 0. The Morgan fingerprint density at radius 1 is 0.872 bits per heavy atom. The fourth-order valence-electron chi connectivity index (χ4n) is 7.21. The maximum absolute atomic E-state index is 13.9. The predicted molar refractivity (Wildman–Crippen MR) is 113 cm³/mol. The molecule has 2 saturated carbocycles. The van der Waals surface area contributed by atoms with Crippen molar-refractivity contribution in [1.29, 1.82) is 0 Å². The Labute approximate surface area is 216 Å². The molecule has 39 heavy (non-hydrogen) atoms. The first-order valence-corrected chi connectivity index (χ1v) is 12.4. The maximum atomic E-state index is 13.9. The number of halogens is 10. The van der Waals surface area contributed by atoms with Gasteiger partial charge in [0.2, 0.25) is 0 Å². The van der Waals surface area contributed by atoms with Crippen LogP contribution in [0, 0.1) is 28.6 Å². The van der Waals surface area contributed by atoms with E-state index >= 15 is 0 Å². The zero-order valence-electron chi connectivity index (χ0n) is 20.8. The summed E-state index contributed by atoms with van der Waals surface area (Å²) >= 11 is 0. The summed E-state index contributed by atoms with van der Waals surface area (Å²) in [6.45, 7) is 3.58. The SMILES string of the molecule is CC12CCC(OC(=O)C(F)(F)F)=CC1=CCC1C2CCC2(C)C(OC(=O)C(F)(F)C(F)(F)C(F)(F)F)CCC12. The van der Waals surface area contributed by atoms with Gasteiger partial charge in [-0.2, -0.15) is 43.9 Å². The molecule has 14 heteroatoms. The summed E-state index contributed by atoms with van der Waals surface area (Å²) in [6, 6.07) is 0. The first-order valence-electron chi connectivity index (χ1n) is 12.4. The zero-order valence-corrected chi connectivity index (χ0v) is 20.8. The van der Waals surface area contributed by atoms with Crippen LogP contribution >= 0.6 is 0 Å². The van der Waals surface area contributed by atoms with Crippen molar-refractivity contribution in [3.63, 3.8) is 0 Å². The molecule has 0 aromatic carbocycles. The number of allylic oxidation sites excluding steroid dienone is 4. The van der Waals surface area contributed by atoms with Gasteiger partial charge in [-0.15, -0.1) is 0 Å². The van der Waals surface area contributed by atoms with E-state index in [9.17, 15) is 53.5 Å². The molecule has 0 heterocycles. The van der Waals surface area contributed by atoms with Crippen molar-refractivity contribution in [2.45, 2.75) is 89.1 Å². The van der Waals surface area contributed by atoms with Crippen LogP contribution in [-0.4, -0.2) is 42.2 Å². The van der Waals surface area contributed by atoms with E-state index in [1.807, 2.05) is 13.0 Å². The summed E-state index contributed by atoms with van der Waals surface area (Å²) in [5, 5.41) is 0. The second-order valence-electron chi connectivity index (χ2n) is 11.3. The van der Waals surface area contributed by atoms with Crippen molar-refractivity contribution in [3.05, 3.63) is 23.5 Å². The second-order valence-corrected chi connectivity index (χ2v) is 11.3. The number of ether oxygens (including phenoxy) is 2. The number of hydrogen-bond acceptors (Lipinski definition) is 4. The first kappa shape index (κ1) is 29.7. The smallest absolute Gasteiger partial charge is 0.457 e. The first-order chi connectivity index (χ1) is 17.7. The molecule has 0 aliphatic heterocycles. The molecule has 0 N–H and O–H groups in total. The third-order valence-corrected chi connectivity index (χ3v) is 9.36. The highest BCUT2D eigenvalue weighted by molar-refractivity contribution is 5.79. The van der Waals surface area contributed by atoms with Crippen LogP contribution in [0.1, 0.15) is 58.8 Å². The van der Waals surface area contributed by atoms with E-state index in [1.54, 1.807) is 6.92 Å². The van der Waals surface area contributed by atoms with Gasteiger partial charge in [0.05, 0.1) is 0 Å². The van der Waals surface area contributed by atoms with Crippen LogP contribution in [0.5, 0.6) is 0 Å². The number of alkyl halides is 10. The molecule has 0 aromatic heterocycles. The summed E-state index contributed by atoms with van der Waals surface area (Å²) in [6.07, 6.45) is -7.83. The van der Waals surface area contributed by atoms with Crippen molar-refractivity contribution in [1.82, 2.24) is 0 Å². The maximum Gasteiger partial charge on any atom is 0.491 e. The number of fused-ring (bicyclic) bond motifs is 5. The zero-order chi connectivity index (χ0) is 29.4. The quantitative estimate of drug-likeness (QED) is 0.259. The Morgan fingerprint density at radius 2 is 1.51 bits per heavy atom. The Kier molecular flexibility index (Phi) is 6.94. The van der Waals surface area contributed by atoms with Crippen molar-refractivity contribution >= 4 is 11.9 Å². The second kappa shape index (κ2) is 9.12. The Hall–Kier alpha value is -2.28. The molecule has 0 bridgehead atoms. The molecule has 0 saturated heterocycles.